The smallest absolute Gasteiger partial charge is 0.323 e. The van der Waals surface area contributed by atoms with Gasteiger partial charge in [-0.2, -0.15) is 0 Å². The van der Waals surface area contributed by atoms with E-state index in [1.165, 1.54) is 11.1 Å². The Balaban J connectivity index is 2.21. The topological polar surface area (TPSA) is 45.2 Å². The fourth-order valence-corrected chi connectivity index (χ4v) is 2.10. The molecule has 2 rings (SSSR count). The number of nitrogens with zero attached hydrogens (tertiary/aromatic N) is 2. The average Bonchev–Trinajstić information content (AvgIpc) is 2.70. The van der Waals surface area contributed by atoms with Gasteiger partial charge in [0.1, 0.15) is 0 Å². The molecule has 0 saturated carbocycles. The molecular weight excluding hydrogens is 257 g/mol. The van der Waals surface area contributed by atoms with Gasteiger partial charge in [-0.25, -0.2) is 14.2 Å². The lowest BCUT2D eigenvalue weighted by atomic mass is 10.0. The van der Waals surface area contributed by atoms with Gasteiger partial charge in [-0.05, 0) is 12.0 Å². The summed E-state index contributed by atoms with van der Waals surface area (Å²) in [6, 6.07) is 0.877. The first kappa shape index (κ1) is 13.1. The van der Waals surface area contributed by atoms with E-state index in [1.807, 2.05) is 0 Å². The fraction of sp³-hybridized carbons (Fsp3) is 0.500. The second-order valence-electron chi connectivity index (χ2n) is 4.51. The van der Waals surface area contributed by atoms with Crippen LogP contribution in [0.25, 0.3) is 0 Å². The number of pyridine rings is 1. The van der Waals surface area contributed by atoms with Crippen LogP contribution >= 0.6 is 11.6 Å². The first-order valence-corrected chi connectivity index (χ1v) is 6.29. The monoisotopic (exact) mass is 271 g/mol. The van der Waals surface area contributed by atoms with Gasteiger partial charge in [0, 0.05) is 12.7 Å². The summed E-state index contributed by atoms with van der Waals surface area (Å²) < 4.78 is 13.7. The third-order valence-corrected chi connectivity index (χ3v) is 3.51. The Hall–Kier alpha value is -1.36. The number of nitrogens with one attached hydrogen (secondary N) is 1. The molecule has 0 aliphatic carbocycles. The minimum atomic E-state index is -0.581. The van der Waals surface area contributed by atoms with E-state index >= 15 is 0 Å². The Morgan fingerprint density at radius 3 is 3.06 bits per heavy atom. The molecule has 1 aliphatic rings. The van der Waals surface area contributed by atoms with Crippen molar-refractivity contribution in [3.63, 3.8) is 0 Å². The van der Waals surface area contributed by atoms with Crippen LogP contribution in [0.2, 0.25) is 5.02 Å². The molecule has 2 heterocycles. The maximum absolute atomic E-state index is 13.7. The van der Waals surface area contributed by atoms with Crippen LogP contribution in [0.5, 0.6) is 0 Å². The van der Waals surface area contributed by atoms with Crippen LogP contribution < -0.4 is 10.2 Å². The van der Waals surface area contributed by atoms with Crippen LogP contribution in [0.15, 0.2) is 12.3 Å². The summed E-state index contributed by atoms with van der Waals surface area (Å²) in [4.78, 5) is 17.0. The second-order valence-corrected chi connectivity index (χ2v) is 4.95. The van der Waals surface area contributed by atoms with Crippen LogP contribution in [-0.2, 0) is 0 Å². The highest BCUT2D eigenvalue weighted by atomic mass is 35.5. The van der Waals surface area contributed by atoms with Gasteiger partial charge in [0.2, 0.25) is 0 Å². The summed E-state index contributed by atoms with van der Waals surface area (Å²) in [7, 11) is 0. The number of anilines is 1. The Bertz CT molecular complexity index is 469. The van der Waals surface area contributed by atoms with Crippen molar-refractivity contribution in [3.05, 3.63) is 23.1 Å². The van der Waals surface area contributed by atoms with Gasteiger partial charge in [0.25, 0.3) is 0 Å². The van der Waals surface area contributed by atoms with E-state index in [9.17, 15) is 9.18 Å². The van der Waals surface area contributed by atoms with Crippen molar-refractivity contribution in [1.82, 2.24) is 10.3 Å². The van der Waals surface area contributed by atoms with Gasteiger partial charge >= 0.3 is 6.03 Å². The highest BCUT2D eigenvalue weighted by Gasteiger charge is 2.34. The molecule has 1 aliphatic heterocycles. The van der Waals surface area contributed by atoms with E-state index in [0.29, 0.717) is 12.5 Å². The molecule has 2 atom stereocenters. The molecule has 1 aromatic rings. The van der Waals surface area contributed by atoms with Gasteiger partial charge in [-0.1, -0.05) is 31.9 Å². The van der Waals surface area contributed by atoms with Crippen molar-refractivity contribution in [2.45, 2.75) is 26.3 Å². The molecule has 18 heavy (non-hydrogen) atoms. The highest BCUT2D eigenvalue weighted by molar-refractivity contribution is 6.30. The number of hydrogen-bond donors (Lipinski definition) is 1. The zero-order chi connectivity index (χ0) is 13.3. The molecule has 2 amide bonds. The van der Waals surface area contributed by atoms with E-state index in [4.69, 9.17) is 11.6 Å². The summed E-state index contributed by atoms with van der Waals surface area (Å²) in [5, 5.41) is 3.06. The lowest BCUT2D eigenvalue weighted by molar-refractivity contribution is 0.249. The number of amides is 2. The Kier molecular flexibility index (Phi) is 3.71. The molecule has 1 saturated heterocycles. The first-order valence-electron chi connectivity index (χ1n) is 5.92. The van der Waals surface area contributed by atoms with Gasteiger partial charge in [-0.3, -0.25) is 4.90 Å². The zero-order valence-corrected chi connectivity index (χ0v) is 11.0. The Labute approximate surface area is 110 Å². The number of carbonyl (C=O) groups is 1. The lowest BCUT2D eigenvalue weighted by Crippen LogP contribution is -2.32. The Morgan fingerprint density at radius 1 is 1.72 bits per heavy atom. The number of aromatic nitrogens is 1. The van der Waals surface area contributed by atoms with E-state index in [0.717, 1.165) is 12.5 Å². The van der Waals surface area contributed by atoms with E-state index in [2.05, 4.69) is 24.1 Å². The number of halogens is 2. The molecule has 0 spiro atoms. The van der Waals surface area contributed by atoms with Gasteiger partial charge in [0.15, 0.2) is 11.6 Å². The molecule has 6 heteroatoms. The largest absolute Gasteiger partial charge is 0.333 e. The normalized spacial score (nSPS) is 21.0. The predicted molar refractivity (Wildman–Crippen MR) is 68.3 cm³/mol. The molecule has 1 aromatic heterocycles. The second kappa shape index (κ2) is 5.10. The number of carbonyl (C=O) groups excluding carboxylic acids is 1. The van der Waals surface area contributed by atoms with Crippen LogP contribution in [0.1, 0.15) is 20.3 Å². The maximum atomic E-state index is 13.7. The fourth-order valence-electron chi connectivity index (χ4n) is 1.96. The van der Waals surface area contributed by atoms with Crippen molar-refractivity contribution in [1.29, 1.82) is 0 Å². The van der Waals surface area contributed by atoms with Crippen molar-refractivity contribution >= 4 is 23.4 Å². The zero-order valence-electron chi connectivity index (χ0n) is 10.3. The molecule has 1 N–H and O–H groups in total. The quantitative estimate of drug-likeness (QED) is 0.919. The lowest BCUT2D eigenvalue weighted by Gasteiger charge is -2.17. The SMILES string of the molecule is CC[C@H](C)[C@H]1CN(c2ncc(Cl)cc2F)C(=O)N1. The minimum Gasteiger partial charge on any atom is -0.333 e. The predicted octanol–water partition coefficient (Wildman–Crippen LogP) is 2.82. The molecule has 4 nitrogen and oxygen atoms in total. The van der Waals surface area contributed by atoms with Crippen LogP contribution in [0.3, 0.4) is 0 Å². The molecule has 0 unspecified atom stereocenters. The average molecular weight is 272 g/mol. The van der Waals surface area contributed by atoms with E-state index in [-0.39, 0.29) is 22.9 Å². The van der Waals surface area contributed by atoms with E-state index in [1.54, 1.807) is 0 Å². The molecule has 0 bridgehead atoms. The number of urea groups is 1. The molecule has 1 fully saturated rings. The summed E-state index contributed by atoms with van der Waals surface area (Å²) in [6.07, 6.45) is 2.29. The number of rotatable bonds is 3. The third kappa shape index (κ3) is 2.41. The van der Waals surface area contributed by atoms with Crippen molar-refractivity contribution in [2.24, 2.45) is 5.92 Å². The van der Waals surface area contributed by atoms with Crippen LogP contribution in [0.4, 0.5) is 15.0 Å². The maximum Gasteiger partial charge on any atom is 0.323 e. The summed E-state index contributed by atoms with van der Waals surface area (Å²) in [5.74, 6) is -0.209. The third-order valence-electron chi connectivity index (χ3n) is 3.31. The van der Waals surface area contributed by atoms with Crippen LogP contribution in [0, 0.1) is 11.7 Å². The van der Waals surface area contributed by atoms with Crippen molar-refractivity contribution in [2.75, 3.05) is 11.4 Å². The van der Waals surface area contributed by atoms with Crippen molar-refractivity contribution < 1.29 is 9.18 Å². The molecule has 0 aromatic carbocycles. The summed E-state index contributed by atoms with van der Waals surface area (Å²) in [6.45, 7) is 4.54. The van der Waals surface area contributed by atoms with Gasteiger partial charge < -0.3 is 5.32 Å². The van der Waals surface area contributed by atoms with Gasteiger partial charge in [0.05, 0.1) is 11.1 Å². The van der Waals surface area contributed by atoms with Gasteiger partial charge in [-0.15, -0.1) is 0 Å². The van der Waals surface area contributed by atoms with E-state index < -0.39 is 5.82 Å². The standard InChI is InChI=1S/C12H15ClFN3O/c1-3-7(2)10-6-17(12(18)16-10)11-9(14)4-8(13)5-15-11/h4-5,7,10H,3,6H2,1-2H3,(H,16,18)/t7-,10+/m0/s1. The first-order chi connectivity index (χ1) is 8.52. The molecule has 98 valence electrons. The van der Waals surface area contributed by atoms with Crippen molar-refractivity contribution in [3.8, 4) is 0 Å². The summed E-state index contributed by atoms with van der Waals surface area (Å²) in [5.41, 5.74) is 0. The number of hydrogen-bond acceptors (Lipinski definition) is 2. The molecule has 0 radical (unpaired) electrons. The Morgan fingerprint density at radius 2 is 2.44 bits per heavy atom. The molecular formula is C12H15ClFN3O. The van der Waals surface area contributed by atoms with Crippen LogP contribution in [-0.4, -0.2) is 23.6 Å². The summed E-state index contributed by atoms with van der Waals surface area (Å²) >= 11 is 5.64. The minimum absolute atomic E-state index is 0.0272. The highest BCUT2D eigenvalue weighted by Crippen LogP contribution is 2.24.